The number of rotatable bonds is 2. The van der Waals surface area contributed by atoms with Gasteiger partial charge in [-0.05, 0) is 6.42 Å². The van der Waals surface area contributed by atoms with E-state index in [1.54, 1.807) is 0 Å². The summed E-state index contributed by atoms with van der Waals surface area (Å²) in [5.41, 5.74) is 0. The van der Waals surface area contributed by atoms with Gasteiger partial charge in [-0.3, -0.25) is 0 Å². The fourth-order valence-corrected chi connectivity index (χ4v) is 3.23. The highest BCUT2D eigenvalue weighted by atomic mass is 79.9. The molecule has 0 amide bonds. The molecule has 0 aromatic carbocycles. The summed E-state index contributed by atoms with van der Waals surface area (Å²) in [7, 11) is -2.85. The number of alkyl halides is 1. The van der Waals surface area contributed by atoms with Gasteiger partial charge in [0.1, 0.15) is 0 Å². The quantitative estimate of drug-likeness (QED) is 0.642. The van der Waals surface area contributed by atoms with E-state index in [2.05, 4.69) is 15.9 Å². The Morgan fingerprint density at radius 2 is 2.20 bits per heavy atom. The van der Waals surface area contributed by atoms with Gasteiger partial charge in [0, 0.05) is 18.4 Å². The van der Waals surface area contributed by atoms with E-state index in [9.17, 15) is 8.42 Å². The lowest BCUT2D eigenvalue weighted by Gasteiger charge is -2.10. The molecule has 1 fully saturated rings. The molecule has 0 radical (unpaired) electrons. The first-order chi connectivity index (χ1) is 4.67. The number of sulfonamides is 1. The van der Waals surface area contributed by atoms with E-state index >= 15 is 0 Å². The predicted octanol–water partition coefficient (Wildman–Crippen LogP) is 0.417. The normalized spacial score (nSPS) is 25.3. The summed E-state index contributed by atoms with van der Waals surface area (Å²) in [5.74, 6) is 0.333. The van der Waals surface area contributed by atoms with Gasteiger partial charge in [-0.2, -0.15) is 0 Å². The Hall–Kier alpha value is 0.390. The van der Waals surface area contributed by atoms with E-state index < -0.39 is 10.0 Å². The van der Waals surface area contributed by atoms with E-state index in [4.69, 9.17) is 0 Å². The highest BCUT2D eigenvalue weighted by molar-refractivity contribution is 9.09. The minimum absolute atomic E-state index is 0.333. The van der Waals surface area contributed by atoms with Crippen LogP contribution in [0.1, 0.15) is 6.42 Å². The van der Waals surface area contributed by atoms with Gasteiger partial charge in [-0.25, -0.2) is 12.7 Å². The molecule has 1 saturated heterocycles. The van der Waals surface area contributed by atoms with Gasteiger partial charge < -0.3 is 0 Å². The molecule has 0 aromatic heterocycles. The van der Waals surface area contributed by atoms with E-state index in [-0.39, 0.29) is 0 Å². The second-order valence-electron chi connectivity index (χ2n) is 2.26. The topological polar surface area (TPSA) is 37.4 Å². The number of halogens is 1. The smallest absolute Gasteiger partial charge is 0.212 e. The molecule has 0 spiro atoms. The number of hydrogen-bond donors (Lipinski definition) is 0. The van der Waals surface area contributed by atoms with Crippen LogP contribution in [0.3, 0.4) is 0 Å². The van der Waals surface area contributed by atoms with Crippen molar-refractivity contribution in [3.05, 3.63) is 0 Å². The average molecular weight is 228 g/mol. The Bertz CT molecular complexity index is 202. The molecule has 0 N–H and O–H groups in total. The third kappa shape index (κ3) is 1.71. The fraction of sp³-hybridized carbons (Fsp3) is 1.00. The maximum atomic E-state index is 11.1. The van der Waals surface area contributed by atoms with Crippen molar-refractivity contribution in [3.63, 3.8) is 0 Å². The van der Waals surface area contributed by atoms with Crippen molar-refractivity contribution in [2.45, 2.75) is 6.42 Å². The average Bonchev–Trinajstić information content (AvgIpc) is 2.13. The van der Waals surface area contributed by atoms with Gasteiger partial charge in [-0.1, -0.05) is 15.9 Å². The lowest BCUT2D eigenvalue weighted by atomic mass is 10.5. The fourth-order valence-electron chi connectivity index (χ4n) is 1.04. The molecule has 0 saturated carbocycles. The molecule has 0 bridgehead atoms. The lowest BCUT2D eigenvalue weighted by Crippen LogP contribution is -2.27. The standard InChI is InChI=1S/C5H10BrNO2S/c6-2-4-7-3-1-5-10(7,8)9/h1-5H2. The van der Waals surface area contributed by atoms with Crippen LogP contribution in [0.5, 0.6) is 0 Å². The van der Waals surface area contributed by atoms with Gasteiger partial charge in [0.2, 0.25) is 10.0 Å². The zero-order chi connectivity index (χ0) is 7.61. The van der Waals surface area contributed by atoms with Crippen LogP contribution in [-0.4, -0.2) is 36.9 Å². The van der Waals surface area contributed by atoms with Crippen molar-refractivity contribution in [1.29, 1.82) is 0 Å². The summed E-state index contributed by atoms with van der Waals surface area (Å²) >= 11 is 3.20. The summed E-state index contributed by atoms with van der Waals surface area (Å²) in [6, 6.07) is 0. The van der Waals surface area contributed by atoms with Crippen molar-refractivity contribution in [2.75, 3.05) is 24.2 Å². The summed E-state index contributed by atoms with van der Waals surface area (Å²) < 4.78 is 23.6. The molecule has 0 aromatic rings. The van der Waals surface area contributed by atoms with Crippen LogP contribution in [0.2, 0.25) is 0 Å². The summed E-state index contributed by atoms with van der Waals surface area (Å²) in [6.45, 7) is 1.32. The van der Waals surface area contributed by atoms with Crippen molar-refractivity contribution in [3.8, 4) is 0 Å². The van der Waals surface area contributed by atoms with Gasteiger partial charge in [0.15, 0.2) is 0 Å². The molecule has 1 aliphatic heterocycles. The van der Waals surface area contributed by atoms with E-state index in [1.807, 2.05) is 0 Å². The number of hydrogen-bond acceptors (Lipinski definition) is 2. The zero-order valence-corrected chi connectivity index (χ0v) is 7.99. The largest absolute Gasteiger partial charge is 0.214 e. The SMILES string of the molecule is O=S1(=O)CCCN1CCBr. The van der Waals surface area contributed by atoms with Crippen molar-refractivity contribution < 1.29 is 8.42 Å². The Kier molecular flexibility index (Phi) is 2.71. The summed E-state index contributed by atoms with van der Waals surface area (Å²) in [5, 5.41) is 0.728. The van der Waals surface area contributed by atoms with E-state index in [1.165, 1.54) is 4.31 Å². The molecule has 0 aliphatic carbocycles. The van der Waals surface area contributed by atoms with Crippen molar-refractivity contribution in [1.82, 2.24) is 4.31 Å². The monoisotopic (exact) mass is 227 g/mol. The molecular formula is C5H10BrNO2S. The van der Waals surface area contributed by atoms with Crippen LogP contribution in [0.25, 0.3) is 0 Å². The molecular weight excluding hydrogens is 218 g/mol. The summed E-state index contributed by atoms with van der Waals surface area (Å²) in [6.07, 6.45) is 0.787. The molecule has 10 heavy (non-hydrogen) atoms. The molecule has 0 unspecified atom stereocenters. The summed E-state index contributed by atoms with van der Waals surface area (Å²) in [4.78, 5) is 0. The third-order valence-corrected chi connectivity index (χ3v) is 3.85. The Balaban J connectivity index is 2.60. The van der Waals surface area contributed by atoms with Gasteiger partial charge in [0.05, 0.1) is 5.75 Å². The zero-order valence-electron chi connectivity index (χ0n) is 5.59. The second kappa shape index (κ2) is 3.19. The van der Waals surface area contributed by atoms with Crippen LogP contribution in [-0.2, 0) is 10.0 Å². The van der Waals surface area contributed by atoms with Crippen LogP contribution < -0.4 is 0 Å². The van der Waals surface area contributed by atoms with Crippen LogP contribution >= 0.6 is 15.9 Å². The Labute approximate surface area is 69.6 Å². The first-order valence-corrected chi connectivity index (χ1v) is 5.93. The van der Waals surface area contributed by atoms with Crippen molar-refractivity contribution >= 4 is 26.0 Å². The van der Waals surface area contributed by atoms with Crippen LogP contribution in [0.4, 0.5) is 0 Å². The predicted molar refractivity (Wildman–Crippen MR) is 43.8 cm³/mol. The molecule has 1 heterocycles. The highest BCUT2D eigenvalue weighted by Crippen LogP contribution is 2.12. The van der Waals surface area contributed by atoms with E-state index in [0.29, 0.717) is 18.8 Å². The Morgan fingerprint density at radius 1 is 1.50 bits per heavy atom. The lowest BCUT2D eigenvalue weighted by molar-refractivity contribution is 0.466. The maximum absolute atomic E-state index is 11.1. The van der Waals surface area contributed by atoms with Crippen LogP contribution in [0, 0.1) is 0 Å². The minimum atomic E-state index is -2.85. The van der Waals surface area contributed by atoms with Gasteiger partial charge >= 0.3 is 0 Å². The highest BCUT2D eigenvalue weighted by Gasteiger charge is 2.26. The van der Waals surface area contributed by atoms with Crippen molar-refractivity contribution in [2.24, 2.45) is 0 Å². The first-order valence-electron chi connectivity index (χ1n) is 3.20. The first kappa shape index (κ1) is 8.49. The third-order valence-electron chi connectivity index (χ3n) is 1.54. The maximum Gasteiger partial charge on any atom is 0.214 e. The molecule has 60 valence electrons. The molecule has 5 heteroatoms. The van der Waals surface area contributed by atoms with Gasteiger partial charge in [0.25, 0.3) is 0 Å². The molecule has 0 atom stereocenters. The van der Waals surface area contributed by atoms with Gasteiger partial charge in [-0.15, -0.1) is 0 Å². The molecule has 1 aliphatic rings. The minimum Gasteiger partial charge on any atom is -0.212 e. The molecule has 3 nitrogen and oxygen atoms in total. The number of nitrogens with zero attached hydrogens (tertiary/aromatic N) is 1. The second-order valence-corrected chi connectivity index (χ2v) is 5.14. The Morgan fingerprint density at radius 3 is 2.60 bits per heavy atom. The van der Waals surface area contributed by atoms with E-state index in [0.717, 1.165) is 11.8 Å². The van der Waals surface area contributed by atoms with Crippen LogP contribution in [0.15, 0.2) is 0 Å². The molecule has 1 rings (SSSR count).